The van der Waals surface area contributed by atoms with E-state index in [1.807, 2.05) is 24.3 Å². The highest BCUT2D eigenvalue weighted by atomic mass is 127. The summed E-state index contributed by atoms with van der Waals surface area (Å²) in [6.45, 7) is -0.135. The van der Waals surface area contributed by atoms with E-state index in [-0.39, 0.29) is 23.8 Å². The lowest BCUT2D eigenvalue weighted by Gasteiger charge is -2.09. The van der Waals surface area contributed by atoms with Gasteiger partial charge in [0.1, 0.15) is 5.75 Å². The zero-order valence-electron chi connectivity index (χ0n) is 16.5. The molecule has 162 valence electrons. The number of amides is 2. The normalized spacial score (nSPS) is 10.5. The topological polar surface area (TPSA) is 123 Å². The number of ether oxygens (including phenoxy) is 1. The molecular formula is C22H17IN4O5. The molecule has 0 aliphatic heterocycles. The van der Waals surface area contributed by atoms with Gasteiger partial charge in [-0.15, -0.1) is 0 Å². The van der Waals surface area contributed by atoms with E-state index < -0.39 is 10.8 Å². The molecule has 32 heavy (non-hydrogen) atoms. The van der Waals surface area contributed by atoms with E-state index in [0.717, 1.165) is 9.26 Å². The van der Waals surface area contributed by atoms with Gasteiger partial charge in [-0.2, -0.15) is 5.10 Å². The van der Waals surface area contributed by atoms with Crippen molar-refractivity contribution in [3.05, 3.63) is 97.6 Å². The van der Waals surface area contributed by atoms with E-state index >= 15 is 0 Å². The van der Waals surface area contributed by atoms with Gasteiger partial charge in [0, 0.05) is 21.3 Å². The maximum Gasteiger partial charge on any atom is 0.271 e. The van der Waals surface area contributed by atoms with Crippen LogP contribution in [0, 0.1) is 13.7 Å². The lowest BCUT2D eigenvalue weighted by atomic mass is 10.2. The first-order valence-corrected chi connectivity index (χ1v) is 10.4. The molecule has 3 aromatic rings. The lowest BCUT2D eigenvalue weighted by Crippen LogP contribution is -2.20. The van der Waals surface area contributed by atoms with Crippen LogP contribution in [-0.4, -0.2) is 29.6 Å². The molecule has 0 aliphatic rings. The van der Waals surface area contributed by atoms with Crippen molar-refractivity contribution in [1.82, 2.24) is 5.43 Å². The van der Waals surface area contributed by atoms with Crippen LogP contribution in [0.15, 0.2) is 77.9 Å². The van der Waals surface area contributed by atoms with Crippen molar-refractivity contribution in [2.75, 3.05) is 11.9 Å². The molecule has 0 atom stereocenters. The van der Waals surface area contributed by atoms with E-state index in [9.17, 15) is 19.7 Å². The number of non-ortho nitro benzene ring substituents is 1. The van der Waals surface area contributed by atoms with Crippen LogP contribution >= 0.6 is 22.6 Å². The highest BCUT2D eigenvalue weighted by molar-refractivity contribution is 14.1. The quantitative estimate of drug-likeness (QED) is 0.192. The molecular weight excluding hydrogens is 527 g/mol. The molecule has 2 amide bonds. The maximum atomic E-state index is 12.0. The summed E-state index contributed by atoms with van der Waals surface area (Å²) in [5.41, 5.74) is 3.93. The predicted octanol–water partition coefficient (Wildman–Crippen LogP) is 3.98. The SMILES string of the molecule is O=C(COc1ccc(/C=N\NC(=O)c2ccc([N+](=O)[O-])cc2)cc1)Nc1ccccc1I. The van der Waals surface area contributed by atoms with Crippen LogP contribution in [0.1, 0.15) is 15.9 Å². The van der Waals surface area contributed by atoms with Crippen LogP contribution in [-0.2, 0) is 4.79 Å². The standard InChI is InChI=1S/C22H17IN4O5/c23-19-3-1-2-4-20(19)25-21(28)14-32-18-11-5-15(6-12-18)13-24-26-22(29)16-7-9-17(10-8-16)27(30)31/h1-13H,14H2,(H,25,28)(H,26,29)/b24-13-. The van der Waals surface area contributed by atoms with Crippen LogP contribution in [0.3, 0.4) is 0 Å². The molecule has 0 fully saturated rings. The van der Waals surface area contributed by atoms with Crippen molar-refractivity contribution in [1.29, 1.82) is 0 Å². The summed E-state index contributed by atoms with van der Waals surface area (Å²) in [5.74, 6) is -0.251. The largest absolute Gasteiger partial charge is 0.484 e. The van der Waals surface area contributed by atoms with Crippen LogP contribution in [0.5, 0.6) is 5.75 Å². The molecule has 0 bridgehead atoms. The van der Waals surface area contributed by atoms with E-state index in [4.69, 9.17) is 4.74 Å². The minimum atomic E-state index is -0.538. The Bertz CT molecular complexity index is 1150. The summed E-state index contributed by atoms with van der Waals surface area (Å²) in [5, 5.41) is 17.3. The van der Waals surface area contributed by atoms with Crippen molar-refractivity contribution in [3.63, 3.8) is 0 Å². The van der Waals surface area contributed by atoms with Gasteiger partial charge in [0.25, 0.3) is 17.5 Å². The number of carbonyl (C=O) groups is 2. The molecule has 3 aromatic carbocycles. The van der Waals surface area contributed by atoms with Crippen LogP contribution in [0.2, 0.25) is 0 Å². The predicted molar refractivity (Wildman–Crippen MR) is 128 cm³/mol. The molecule has 10 heteroatoms. The number of halogens is 1. The Kier molecular flexibility index (Phi) is 7.86. The number of nitro groups is 1. The monoisotopic (exact) mass is 544 g/mol. The smallest absolute Gasteiger partial charge is 0.271 e. The van der Waals surface area contributed by atoms with Crippen LogP contribution in [0.4, 0.5) is 11.4 Å². The average Bonchev–Trinajstić information content (AvgIpc) is 2.80. The van der Waals surface area contributed by atoms with Gasteiger partial charge in [0.2, 0.25) is 0 Å². The first-order valence-electron chi connectivity index (χ1n) is 9.27. The molecule has 9 nitrogen and oxygen atoms in total. The van der Waals surface area contributed by atoms with E-state index in [1.54, 1.807) is 24.3 Å². The summed E-state index contributed by atoms with van der Waals surface area (Å²) in [7, 11) is 0. The fraction of sp³-hybridized carbons (Fsp3) is 0.0455. The Hall–Kier alpha value is -3.80. The molecule has 0 saturated carbocycles. The summed E-state index contributed by atoms with van der Waals surface area (Å²) < 4.78 is 6.42. The molecule has 0 spiro atoms. The average molecular weight is 544 g/mol. The zero-order valence-corrected chi connectivity index (χ0v) is 18.7. The highest BCUT2D eigenvalue weighted by Gasteiger charge is 2.09. The number of hydrogen-bond donors (Lipinski definition) is 2. The number of hydrazone groups is 1. The fourth-order valence-corrected chi connectivity index (χ4v) is 3.03. The van der Waals surface area contributed by atoms with Gasteiger partial charge >= 0.3 is 0 Å². The number of benzene rings is 3. The third-order valence-corrected chi connectivity index (χ3v) is 5.06. The van der Waals surface area contributed by atoms with Gasteiger partial charge in [0.15, 0.2) is 6.61 Å². The lowest BCUT2D eigenvalue weighted by molar-refractivity contribution is -0.384. The Labute approximate surface area is 196 Å². The molecule has 0 radical (unpaired) electrons. The van der Waals surface area contributed by atoms with Crippen molar-refractivity contribution in [2.24, 2.45) is 5.10 Å². The molecule has 3 rings (SSSR count). The minimum Gasteiger partial charge on any atom is -0.484 e. The molecule has 0 unspecified atom stereocenters. The van der Waals surface area contributed by atoms with Gasteiger partial charge in [0.05, 0.1) is 16.8 Å². The second-order valence-electron chi connectivity index (χ2n) is 6.39. The fourth-order valence-electron chi connectivity index (χ4n) is 2.51. The van der Waals surface area contributed by atoms with Gasteiger partial charge in [-0.25, -0.2) is 5.43 Å². The Morgan fingerprint density at radius 2 is 1.72 bits per heavy atom. The Morgan fingerprint density at radius 3 is 2.38 bits per heavy atom. The maximum absolute atomic E-state index is 12.0. The number of nitro benzene ring substituents is 1. The number of rotatable bonds is 8. The third-order valence-electron chi connectivity index (χ3n) is 4.12. The number of para-hydroxylation sites is 1. The first-order chi connectivity index (χ1) is 15.4. The van der Waals surface area contributed by atoms with Gasteiger partial charge in [-0.1, -0.05) is 12.1 Å². The van der Waals surface area contributed by atoms with E-state index in [1.165, 1.54) is 30.5 Å². The summed E-state index contributed by atoms with van der Waals surface area (Å²) >= 11 is 2.14. The highest BCUT2D eigenvalue weighted by Crippen LogP contribution is 2.17. The van der Waals surface area contributed by atoms with Crippen LogP contribution < -0.4 is 15.5 Å². The van der Waals surface area contributed by atoms with Crippen molar-refractivity contribution >= 4 is 52.0 Å². The second-order valence-corrected chi connectivity index (χ2v) is 7.55. The second kappa shape index (κ2) is 11.0. The van der Waals surface area contributed by atoms with Gasteiger partial charge in [-0.3, -0.25) is 19.7 Å². The minimum absolute atomic E-state index is 0.0975. The van der Waals surface area contributed by atoms with Crippen molar-refractivity contribution < 1.29 is 19.2 Å². The molecule has 0 aliphatic carbocycles. The molecule has 0 aromatic heterocycles. The third kappa shape index (κ3) is 6.60. The molecule has 0 saturated heterocycles. The van der Waals surface area contributed by atoms with E-state index in [2.05, 4.69) is 38.4 Å². The summed E-state index contributed by atoms with van der Waals surface area (Å²) in [6, 6.07) is 19.4. The van der Waals surface area contributed by atoms with E-state index in [0.29, 0.717) is 11.3 Å². The van der Waals surface area contributed by atoms with Crippen molar-refractivity contribution in [2.45, 2.75) is 0 Å². The number of carbonyl (C=O) groups excluding carboxylic acids is 2. The summed E-state index contributed by atoms with van der Waals surface area (Å²) in [6.07, 6.45) is 1.44. The number of hydrogen-bond acceptors (Lipinski definition) is 6. The summed E-state index contributed by atoms with van der Waals surface area (Å²) in [4.78, 5) is 34.2. The van der Waals surface area contributed by atoms with Crippen LogP contribution in [0.25, 0.3) is 0 Å². The molecule has 2 N–H and O–H groups in total. The number of anilines is 1. The molecule has 0 heterocycles. The van der Waals surface area contributed by atoms with Gasteiger partial charge in [-0.05, 0) is 76.7 Å². The Morgan fingerprint density at radius 1 is 1.03 bits per heavy atom. The zero-order chi connectivity index (χ0) is 22.9. The number of nitrogens with one attached hydrogen (secondary N) is 2. The van der Waals surface area contributed by atoms with Crippen molar-refractivity contribution in [3.8, 4) is 5.75 Å². The Balaban J connectivity index is 1.47. The first kappa shape index (κ1) is 22.9. The number of nitrogens with zero attached hydrogens (tertiary/aromatic N) is 2. The van der Waals surface area contributed by atoms with Gasteiger partial charge < -0.3 is 10.1 Å².